The summed E-state index contributed by atoms with van der Waals surface area (Å²) in [5, 5.41) is 0. The Morgan fingerprint density at radius 2 is 1.07 bits per heavy atom. The summed E-state index contributed by atoms with van der Waals surface area (Å²) < 4.78 is 0.181. The van der Waals surface area contributed by atoms with Crippen molar-refractivity contribution in [1.82, 2.24) is 0 Å². The van der Waals surface area contributed by atoms with Crippen molar-refractivity contribution in [2.24, 2.45) is 0 Å². The molecule has 0 amide bonds. The Morgan fingerprint density at radius 1 is 0.667 bits per heavy atom. The van der Waals surface area contributed by atoms with Crippen molar-refractivity contribution in [1.29, 1.82) is 0 Å². The van der Waals surface area contributed by atoms with Gasteiger partial charge in [-0.1, -0.05) is 141 Å². The highest BCUT2D eigenvalue weighted by molar-refractivity contribution is 6.88. The van der Waals surface area contributed by atoms with Gasteiger partial charge in [0.05, 0.1) is 8.07 Å². The second-order valence-electron chi connectivity index (χ2n) is 10.0. The molecule has 1 aliphatic rings. The fraction of sp³-hybridized carbons (Fsp3) is 1.00. The van der Waals surface area contributed by atoms with Crippen LogP contribution < -0.4 is 0 Å². The SMILES string of the molecule is CCCCCCCCCCCCCCCCCC[Si]1(C)CCCCC1(C)Cl. The molecule has 162 valence electrons. The second-order valence-corrected chi connectivity index (χ2v) is 16.4. The van der Waals surface area contributed by atoms with Crippen LogP contribution in [0.2, 0.25) is 18.6 Å². The Bertz CT molecular complexity index is 341. The maximum absolute atomic E-state index is 6.91. The minimum absolute atomic E-state index is 0.181. The third kappa shape index (κ3) is 11.3. The number of halogens is 1. The first kappa shape index (κ1) is 25.5. The fourth-order valence-electron chi connectivity index (χ4n) is 4.98. The highest BCUT2D eigenvalue weighted by atomic mass is 35.5. The first-order valence-electron chi connectivity index (χ1n) is 12.7. The first-order valence-corrected chi connectivity index (χ1v) is 16.0. The Kier molecular flexibility index (Phi) is 14.5. The van der Waals surface area contributed by atoms with Gasteiger partial charge in [-0.05, 0) is 13.3 Å². The maximum atomic E-state index is 6.91. The van der Waals surface area contributed by atoms with Crippen LogP contribution in [0.4, 0.5) is 0 Å². The topological polar surface area (TPSA) is 0 Å². The molecule has 0 saturated carbocycles. The predicted molar refractivity (Wildman–Crippen MR) is 129 cm³/mol. The van der Waals surface area contributed by atoms with Gasteiger partial charge in [-0.3, -0.25) is 0 Å². The lowest BCUT2D eigenvalue weighted by atomic mass is 10.0. The van der Waals surface area contributed by atoms with Crippen molar-refractivity contribution in [3.05, 3.63) is 0 Å². The van der Waals surface area contributed by atoms with Crippen LogP contribution in [-0.4, -0.2) is 12.6 Å². The summed E-state index contributed by atoms with van der Waals surface area (Å²) in [6.07, 6.45) is 27.5. The number of alkyl halides is 1. The molecule has 2 heteroatoms. The normalized spacial score (nSPS) is 25.8. The van der Waals surface area contributed by atoms with Crippen molar-refractivity contribution >= 4 is 19.7 Å². The molecule has 2 unspecified atom stereocenters. The first-order chi connectivity index (χ1) is 13.0. The Labute approximate surface area is 178 Å². The molecule has 1 heterocycles. The molecule has 1 saturated heterocycles. The van der Waals surface area contributed by atoms with Gasteiger partial charge in [-0.2, -0.15) is 0 Å². The van der Waals surface area contributed by atoms with E-state index in [0.29, 0.717) is 0 Å². The average Bonchev–Trinajstić information content (AvgIpc) is 2.64. The lowest BCUT2D eigenvalue weighted by Crippen LogP contribution is -2.52. The van der Waals surface area contributed by atoms with Crippen molar-refractivity contribution in [2.45, 2.75) is 159 Å². The molecule has 0 aromatic heterocycles. The highest BCUT2D eigenvalue weighted by Crippen LogP contribution is 2.44. The van der Waals surface area contributed by atoms with E-state index >= 15 is 0 Å². The van der Waals surface area contributed by atoms with Crippen LogP contribution >= 0.6 is 11.6 Å². The molecule has 1 fully saturated rings. The Morgan fingerprint density at radius 3 is 1.48 bits per heavy atom. The molecule has 0 aromatic rings. The van der Waals surface area contributed by atoms with E-state index in [1.165, 1.54) is 134 Å². The monoisotopic (exact) mass is 414 g/mol. The van der Waals surface area contributed by atoms with Gasteiger partial charge in [0.25, 0.3) is 0 Å². The zero-order valence-corrected chi connectivity index (χ0v) is 21.0. The number of rotatable bonds is 17. The molecule has 0 nitrogen and oxygen atoms in total. The zero-order valence-electron chi connectivity index (χ0n) is 19.2. The summed E-state index contributed by atoms with van der Waals surface area (Å²) in [5.74, 6) is 0. The molecule has 0 radical (unpaired) electrons. The van der Waals surface area contributed by atoms with Gasteiger partial charge in [0.1, 0.15) is 0 Å². The molecule has 0 spiro atoms. The third-order valence-electron chi connectivity index (χ3n) is 7.47. The van der Waals surface area contributed by atoms with Crippen LogP contribution in [0.25, 0.3) is 0 Å². The molecule has 0 aromatic carbocycles. The Balaban J connectivity index is 1.83. The smallest absolute Gasteiger partial charge is 0.0744 e. The molecule has 2 atom stereocenters. The van der Waals surface area contributed by atoms with Gasteiger partial charge in [-0.25, -0.2) is 0 Å². The van der Waals surface area contributed by atoms with Crippen molar-refractivity contribution in [3.8, 4) is 0 Å². The van der Waals surface area contributed by atoms with E-state index in [-0.39, 0.29) is 4.50 Å². The van der Waals surface area contributed by atoms with Crippen LogP contribution in [0.3, 0.4) is 0 Å². The summed E-state index contributed by atoms with van der Waals surface area (Å²) in [6, 6.07) is 2.96. The second kappa shape index (κ2) is 15.4. The quantitative estimate of drug-likeness (QED) is 0.126. The van der Waals surface area contributed by atoms with Crippen LogP contribution in [0, 0.1) is 0 Å². The van der Waals surface area contributed by atoms with Gasteiger partial charge in [0.2, 0.25) is 0 Å². The van der Waals surface area contributed by atoms with Gasteiger partial charge >= 0.3 is 0 Å². The van der Waals surface area contributed by atoms with E-state index < -0.39 is 8.07 Å². The van der Waals surface area contributed by atoms with Gasteiger partial charge in [0, 0.05) is 4.50 Å². The number of hydrogen-bond donors (Lipinski definition) is 0. The average molecular weight is 415 g/mol. The molecular weight excluding hydrogens is 364 g/mol. The maximum Gasteiger partial charge on any atom is 0.0744 e. The van der Waals surface area contributed by atoms with Crippen molar-refractivity contribution in [2.75, 3.05) is 0 Å². The van der Waals surface area contributed by atoms with Gasteiger partial charge < -0.3 is 0 Å². The third-order valence-corrected chi connectivity index (χ3v) is 14.7. The zero-order chi connectivity index (χ0) is 19.8. The fourth-order valence-corrected chi connectivity index (χ4v) is 9.82. The molecule has 27 heavy (non-hydrogen) atoms. The summed E-state index contributed by atoms with van der Waals surface area (Å²) in [4.78, 5) is 0. The molecule has 1 rings (SSSR count). The van der Waals surface area contributed by atoms with Crippen LogP contribution in [-0.2, 0) is 0 Å². The molecule has 0 N–H and O–H groups in total. The van der Waals surface area contributed by atoms with Gasteiger partial charge in [0.15, 0.2) is 0 Å². The molecule has 0 aliphatic carbocycles. The minimum Gasteiger partial charge on any atom is -0.123 e. The predicted octanol–water partition coefficient (Wildman–Crippen LogP) is 10.0. The number of unbranched alkanes of at least 4 members (excludes halogenated alkanes) is 15. The standard InChI is InChI=1S/C25H51ClSi/c1-4-5-6-7-8-9-10-11-12-13-14-15-16-17-18-20-23-27(3)24-21-19-22-25(27,2)26/h4-24H2,1-3H3. The highest BCUT2D eigenvalue weighted by Gasteiger charge is 2.45. The minimum atomic E-state index is -1.21. The van der Waals surface area contributed by atoms with Crippen molar-refractivity contribution < 1.29 is 0 Å². The number of hydrogen-bond acceptors (Lipinski definition) is 0. The molecule has 1 aliphatic heterocycles. The summed E-state index contributed by atoms with van der Waals surface area (Å²) >= 11 is 6.91. The summed E-state index contributed by atoms with van der Waals surface area (Å²) in [5.41, 5.74) is 0. The van der Waals surface area contributed by atoms with E-state index in [4.69, 9.17) is 11.6 Å². The van der Waals surface area contributed by atoms with E-state index in [1.54, 1.807) is 0 Å². The Hall–Kier alpha value is 0.507. The lowest BCUT2D eigenvalue weighted by Gasteiger charge is -2.44. The van der Waals surface area contributed by atoms with Crippen LogP contribution in [0.5, 0.6) is 0 Å². The lowest BCUT2D eigenvalue weighted by molar-refractivity contribution is 0.530. The largest absolute Gasteiger partial charge is 0.123 e. The van der Waals surface area contributed by atoms with E-state index in [9.17, 15) is 0 Å². The van der Waals surface area contributed by atoms with Gasteiger partial charge in [-0.15, -0.1) is 11.6 Å². The van der Waals surface area contributed by atoms with Crippen LogP contribution in [0.15, 0.2) is 0 Å². The van der Waals surface area contributed by atoms with E-state index in [2.05, 4.69) is 20.4 Å². The van der Waals surface area contributed by atoms with Crippen molar-refractivity contribution in [3.63, 3.8) is 0 Å². The summed E-state index contributed by atoms with van der Waals surface area (Å²) in [7, 11) is -1.21. The molecular formula is C25H51ClSi. The van der Waals surface area contributed by atoms with E-state index in [0.717, 1.165) is 0 Å². The summed E-state index contributed by atoms with van der Waals surface area (Å²) in [6.45, 7) is 7.24. The van der Waals surface area contributed by atoms with E-state index in [1.807, 2.05) is 0 Å². The van der Waals surface area contributed by atoms with Crippen LogP contribution in [0.1, 0.15) is 136 Å². The molecule has 0 bridgehead atoms.